The number of aryl methyl sites for hydroxylation is 1. The first-order valence-corrected chi connectivity index (χ1v) is 7.75. The third kappa shape index (κ3) is 3.93. The number of rotatable bonds is 5. The van der Waals surface area contributed by atoms with E-state index in [-0.39, 0.29) is 5.02 Å². The Bertz CT molecular complexity index is 848. The standard InChI is InChI=1S/C15H9ClF2N2O3S/c1-7-6-24-14(20-7)9(4-19)13(21)5-23-15(22)8-2-11(17)12(18)3-10(8)16/h2-3,6,9H,5H2,1H3. The van der Waals surface area contributed by atoms with Crippen LogP contribution >= 0.6 is 22.9 Å². The van der Waals surface area contributed by atoms with E-state index in [2.05, 4.69) is 4.98 Å². The Morgan fingerprint density at radius 1 is 1.42 bits per heavy atom. The van der Waals surface area contributed by atoms with Gasteiger partial charge in [0.2, 0.25) is 0 Å². The van der Waals surface area contributed by atoms with E-state index in [1.807, 2.05) is 0 Å². The molecule has 9 heteroatoms. The van der Waals surface area contributed by atoms with Gasteiger partial charge in [-0.2, -0.15) is 5.26 Å². The molecule has 1 aromatic heterocycles. The summed E-state index contributed by atoms with van der Waals surface area (Å²) in [6.45, 7) is 0.995. The van der Waals surface area contributed by atoms with Crippen LogP contribution in [0.2, 0.25) is 5.02 Å². The molecule has 1 heterocycles. The second kappa shape index (κ2) is 7.47. The quantitative estimate of drug-likeness (QED) is 0.595. The molecule has 1 unspecified atom stereocenters. The highest BCUT2D eigenvalue weighted by atomic mass is 35.5. The summed E-state index contributed by atoms with van der Waals surface area (Å²) in [6, 6.07) is 3.00. The van der Waals surface area contributed by atoms with Gasteiger partial charge in [-0.1, -0.05) is 11.6 Å². The van der Waals surface area contributed by atoms with E-state index in [1.165, 1.54) is 0 Å². The molecule has 2 aromatic rings. The molecule has 24 heavy (non-hydrogen) atoms. The number of halogens is 3. The van der Waals surface area contributed by atoms with Crippen LogP contribution in [0.1, 0.15) is 27.0 Å². The van der Waals surface area contributed by atoms with Gasteiger partial charge in [-0.25, -0.2) is 18.6 Å². The fourth-order valence-corrected chi connectivity index (χ4v) is 2.83. The summed E-state index contributed by atoms with van der Waals surface area (Å²) in [4.78, 5) is 27.9. The molecule has 0 saturated heterocycles. The number of carbonyl (C=O) groups excluding carboxylic acids is 2. The Labute approximate surface area is 144 Å². The highest BCUT2D eigenvalue weighted by Crippen LogP contribution is 2.23. The number of ketones is 1. The van der Waals surface area contributed by atoms with Crippen LogP contribution in [0.3, 0.4) is 0 Å². The van der Waals surface area contributed by atoms with Crippen molar-refractivity contribution in [3.8, 4) is 6.07 Å². The fraction of sp³-hybridized carbons (Fsp3) is 0.200. The van der Waals surface area contributed by atoms with Crippen molar-refractivity contribution in [1.82, 2.24) is 4.98 Å². The Morgan fingerprint density at radius 2 is 2.08 bits per heavy atom. The zero-order valence-electron chi connectivity index (χ0n) is 12.2. The summed E-state index contributed by atoms with van der Waals surface area (Å²) in [5.74, 6) is -5.43. The molecular weight excluding hydrogens is 362 g/mol. The monoisotopic (exact) mass is 370 g/mol. The van der Waals surface area contributed by atoms with E-state index in [4.69, 9.17) is 21.6 Å². The lowest BCUT2D eigenvalue weighted by molar-refractivity contribution is -0.122. The third-order valence-corrected chi connectivity index (χ3v) is 4.25. The Morgan fingerprint density at radius 3 is 2.67 bits per heavy atom. The predicted octanol–water partition coefficient (Wildman–Crippen LogP) is 3.42. The van der Waals surface area contributed by atoms with Crippen molar-refractivity contribution >= 4 is 34.7 Å². The van der Waals surface area contributed by atoms with E-state index in [9.17, 15) is 18.4 Å². The first kappa shape index (κ1) is 18.0. The van der Waals surface area contributed by atoms with Crippen LogP contribution in [-0.4, -0.2) is 23.3 Å². The van der Waals surface area contributed by atoms with Crippen molar-refractivity contribution in [3.05, 3.63) is 50.4 Å². The van der Waals surface area contributed by atoms with Crippen molar-refractivity contribution < 1.29 is 23.1 Å². The molecule has 0 aliphatic heterocycles. The van der Waals surface area contributed by atoms with E-state index in [0.29, 0.717) is 22.8 Å². The van der Waals surface area contributed by atoms with E-state index >= 15 is 0 Å². The molecule has 0 fully saturated rings. The minimum Gasteiger partial charge on any atom is -0.454 e. The molecular formula is C15H9ClF2N2O3S. The van der Waals surface area contributed by atoms with Crippen molar-refractivity contribution in [2.24, 2.45) is 0 Å². The van der Waals surface area contributed by atoms with Crippen molar-refractivity contribution in [3.63, 3.8) is 0 Å². The van der Waals surface area contributed by atoms with Crippen LogP contribution in [0.5, 0.6) is 0 Å². The summed E-state index contributed by atoms with van der Waals surface area (Å²) in [6.07, 6.45) is 0. The summed E-state index contributed by atoms with van der Waals surface area (Å²) in [5, 5.41) is 10.7. The smallest absolute Gasteiger partial charge is 0.340 e. The normalized spacial score (nSPS) is 11.6. The van der Waals surface area contributed by atoms with Gasteiger partial charge < -0.3 is 4.74 Å². The average Bonchev–Trinajstić information content (AvgIpc) is 2.95. The van der Waals surface area contributed by atoms with Crippen molar-refractivity contribution in [2.45, 2.75) is 12.8 Å². The van der Waals surface area contributed by atoms with Crippen LogP contribution < -0.4 is 0 Å². The van der Waals surface area contributed by atoms with Crippen molar-refractivity contribution in [2.75, 3.05) is 6.61 Å². The first-order valence-electron chi connectivity index (χ1n) is 6.49. The molecule has 5 nitrogen and oxygen atoms in total. The van der Waals surface area contributed by atoms with Gasteiger partial charge in [-0.3, -0.25) is 4.79 Å². The first-order chi connectivity index (χ1) is 11.3. The maximum atomic E-state index is 13.2. The largest absolute Gasteiger partial charge is 0.454 e. The molecule has 0 aliphatic carbocycles. The lowest BCUT2D eigenvalue weighted by atomic mass is 10.1. The van der Waals surface area contributed by atoms with Gasteiger partial charge in [-0.05, 0) is 19.1 Å². The number of carbonyl (C=O) groups is 2. The maximum Gasteiger partial charge on any atom is 0.340 e. The molecule has 1 atom stereocenters. The molecule has 1 aromatic carbocycles. The summed E-state index contributed by atoms with van der Waals surface area (Å²) in [5.41, 5.74) is 0.246. The molecule has 0 bridgehead atoms. The molecule has 0 saturated carbocycles. The number of nitriles is 1. The lowest BCUT2D eigenvalue weighted by Crippen LogP contribution is -2.20. The number of nitrogens with zero attached hydrogens (tertiary/aromatic N) is 2. The minimum atomic E-state index is -1.27. The number of aromatic nitrogens is 1. The van der Waals surface area contributed by atoms with Gasteiger partial charge in [0.05, 0.1) is 16.7 Å². The minimum absolute atomic E-state index is 0.293. The number of ether oxygens (including phenoxy) is 1. The summed E-state index contributed by atoms with van der Waals surface area (Å²) in [7, 11) is 0. The van der Waals surface area contributed by atoms with Crippen LogP contribution in [-0.2, 0) is 9.53 Å². The summed E-state index contributed by atoms with van der Waals surface area (Å²) < 4.78 is 30.9. The molecule has 124 valence electrons. The number of Topliss-reactive ketones (excluding diaryl/α,β-unsaturated/α-hetero) is 1. The number of hydrogen-bond acceptors (Lipinski definition) is 6. The topological polar surface area (TPSA) is 80.0 Å². The van der Waals surface area contributed by atoms with Crippen LogP contribution in [0, 0.1) is 29.9 Å². The third-order valence-electron chi connectivity index (χ3n) is 2.91. The predicted molar refractivity (Wildman–Crippen MR) is 81.9 cm³/mol. The van der Waals surface area contributed by atoms with E-state index in [0.717, 1.165) is 11.3 Å². The highest BCUT2D eigenvalue weighted by molar-refractivity contribution is 7.09. The highest BCUT2D eigenvalue weighted by Gasteiger charge is 2.25. The van der Waals surface area contributed by atoms with Gasteiger partial charge in [-0.15, -0.1) is 11.3 Å². The van der Waals surface area contributed by atoms with Crippen molar-refractivity contribution in [1.29, 1.82) is 5.26 Å². The number of esters is 1. The van der Waals surface area contributed by atoms with Gasteiger partial charge in [0.25, 0.3) is 0 Å². The molecule has 0 radical (unpaired) electrons. The number of thiazole rings is 1. The molecule has 2 rings (SSSR count). The van der Waals surface area contributed by atoms with Crippen LogP contribution in [0.15, 0.2) is 17.5 Å². The Hall–Kier alpha value is -2.37. The number of hydrogen-bond donors (Lipinski definition) is 0. The fourth-order valence-electron chi connectivity index (χ4n) is 1.75. The van der Waals surface area contributed by atoms with Crippen LogP contribution in [0.25, 0.3) is 0 Å². The zero-order chi connectivity index (χ0) is 17.9. The Balaban J connectivity index is 2.07. The van der Waals surface area contributed by atoms with Gasteiger partial charge in [0.15, 0.2) is 29.9 Å². The average molecular weight is 371 g/mol. The number of benzene rings is 1. The van der Waals surface area contributed by atoms with Gasteiger partial charge in [0.1, 0.15) is 5.01 Å². The second-order valence-electron chi connectivity index (χ2n) is 4.68. The van der Waals surface area contributed by atoms with Gasteiger partial charge >= 0.3 is 5.97 Å². The summed E-state index contributed by atoms with van der Waals surface area (Å²) >= 11 is 6.79. The SMILES string of the molecule is Cc1csc(C(C#N)C(=O)COC(=O)c2cc(F)c(F)cc2Cl)n1. The van der Waals surface area contributed by atoms with Crippen LogP contribution in [0.4, 0.5) is 8.78 Å². The second-order valence-corrected chi connectivity index (χ2v) is 5.97. The van der Waals surface area contributed by atoms with E-state index < -0.39 is 41.5 Å². The molecule has 0 spiro atoms. The molecule has 0 aliphatic rings. The van der Waals surface area contributed by atoms with E-state index in [1.54, 1.807) is 18.4 Å². The van der Waals surface area contributed by atoms with Gasteiger partial charge in [0, 0.05) is 11.1 Å². The molecule has 0 amide bonds. The maximum absolute atomic E-state index is 13.2. The molecule has 0 N–H and O–H groups in total. The zero-order valence-corrected chi connectivity index (χ0v) is 13.8. The Kier molecular flexibility index (Phi) is 5.59. The lowest BCUT2D eigenvalue weighted by Gasteiger charge is -2.08.